The van der Waals surface area contributed by atoms with Gasteiger partial charge in [0.05, 0.1) is 18.9 Å². The fraction of sp³-hybridized carbons (Fsp3) is 0.867. The lowest BCUT2D eigenvalue weighted by Gasteiger charge is -2.11. The molecule has 0 aliphatic rings. The summed E-state index contributed by atoms with van der Waals surface area (Å²) in [5.41, 5.74) is 0. The first kappa shape index (κ1) is 32.7. The van der Waals surface area contributed by atoms with E-state index in [-0.39, 0.29) is 12.4 Å². The number of carbonyl (C=O) groups is 2. The van der Waals surface area contributed by atoms with Gasteiger partial charge in [0.2, 0.25) is 0 Å². The Labute approximate surface area is 211 Å². The number of carboxylic acids is 1. The Hall–Kier alpha value is -1.32. The fourth-order valence-electron chi connectivity index (χ4n) is 4.32. The number of unbranched alkanes of at least 4 members (excludes halogenated alkanes) is 17. The van der Waals surface area contributed by atoms with Gasteiger partial charge in [0.15, 0.2) is 0 Å². The number of esters is 1. The van der Waals surface area contributed by atoms with Gasteiger partial charge in [-0.2, -0.15) is 0 Å². The summed E-state index contributed by atoms with van der Waals surface area (Å²) in [7, 11) is 0. The van der Waals surface area contributed by atoms with Gasteiger partial charge in [0, 0.05) is 0 Å². The van der Waals surface area contributed by atoms with Gasteiger partial charge in [-0.25, -0.2) is 0 Å². The summed E-state index contributed by atoms with van der Waals surface area (Å²) in [6, 6.07) is 0. The molecule has 34 heavy (non-hydrogen) atoms. The maximum Gasteiger partial charge on any atom is 0.307 e. The van der Waals surface area contributed by atoms with E-state index in [2.05, 4.69) is 19.1 Å². The number of ether oxygens (including phenoxy) is 1. The highest BCUT2D eigenvalue weighted by Crippen LogP contribution is 2.18. The van der Waals surface area contributed by atoms with E-state index < -0.39 is 11.9 Å². The minimum atomic E-state index is -0.876. The summed E-state index contributed by atoms with van der Waals surface area (Å²) in [5.74, 6) is -1.85. The molecule has 200 valence electrons. The van der Waals surface area contributed by atoms with Crippen LogP contribution in [0.4, 0.5) is 0 Å². The molecule has 0 aromatic heterocycles. The summed E-state index contributed by atoms with van der Waals surface area (Å²) in [6.45, 7) is 4.54. The summed E-state index contributed by atoms with van der Waals surface area (Å²) in [4.78, 5) is 23.0. The minimum absolute atomic E-state index is 0.00629. The molecule has 0 amide bonds. The normalized spacial score (nSPS) is 12.3. The zero-order chi connectivity index (χ0) is 25.1. The molecule has 1 unspecified atom stereocenters. The van der Waals surface area contributed by atoms with E-state index in [1.807, 2.05) is 6.92 Å². The molecular formula is C30H56O4. The second-order valence-electron chi connectivity index (χ2n) is 9.95. The molecule has 0 spiro atoms. The molecule has 0 fully saturated rings. The second kappa shape index (κ2) is 26.3. The Morgan fingerprint density at radius 2 is 1.09 bits per heavy atom. The predicted molar refractivity (Wildman–Crippen MR) is 144 cm³/mol. The number of carboxylic acid groups (broad SMARTS) is 1. The molecule has 0 saturated carbocycles. The first-order chi connectivity index (χ1) is 16.6. The van der Waals surface area contributed by atoms with Crippen molar-refractivity contribution in [3.8, 4) is 0 Å². The van der Waals surface area contributed by atoms with Crippen molar-refractivity contribution in [2.75, 3.05) is 6.61 Å². The maximum absolute atomic E-state index is 11.6. The first-order valence-corrected chi connectivity index (χ1v) is 14.6. The summed E-state index contributed by atoms with van der Waals surface area (Å²) in [5, 5.41) is 9.30. The molecule has 0 radical (unpaired) electrons. The third-order valence-electron chi connectivity index (χ3n) is 6.52. The quantitative estimate of drug-likeness (QED) is 0.0760. The third kappa shape index (κ3) is 23.8. The molecule has 0 aromatic rings. The molecule has 0 aromatic carbocycles. The van der Waals surface area contributed by atoms with Crippen LogP contribution in [0.15, 0.2) is 12.2 Å². The molecule has 4 nitrogen and oxygen atoms in total. The maximum atomic E-state index is 11.6. The van der Waals surface area contributed by atoms with E-state index in [0.29, 0.717) is 13.0 Å². The zero-order valence-corrected chi connectivity index (χ0v) is 22.7. The second-order valence-corrected chi connectivity index (χ2v) is 9.95. The number of rotatable bonds is 26. The Morgan fingerprint density at radius 3 is 1.53 bits per heavy atom. The number of aliphatic carboxylic acids is 1. The van der Waals surface area contributed by atoms with E-state index in [1.54, 1.807) is 0 Å². The van der Waals surface area contributed by atoms with Crippen LogP contribution in [0.2, 0.25) is 0 Å². The smallest absolute Gasteiger partial charge is 0.307 e. The van der Waals surface area contributed by atoms with Gasteiger partial charge >= 0.3 is 11.9 Å². The third-order valence-corrected chi connectivity index (χ3v) is 6.52. The van der Waals surface area contributed by atoms with Crippen LogP contribution in [0.1, 0.15) is 155 Å². The highest BCUT2D eigenvalue weighted by Gasteiger charge is 2.21. The van der Waals surface area contributed by atoms with Crippen molar-refractivity contribution >= 4 is 11.9 Å². The van der Waals surface area contributed by atoms with Gasteiger partial charge in [0.25, 0.3) is 0 Å². The average Bonchev–Trinajstić information content (AvgIpc) is 2.82. The van der Waals surface area contributed by atoms with Crippen LogP contribution in [0.25, 0.3) is 0 Å². The van der Waals surface area contributed by atoms with Gasteiger partial charge in [0.1, 0.15) is 0 Å². The molecule has 0 aliphatic carbocycles. The van der Waals surface area contributed by atoms with Crippen LogP contribution in [-0.2, 0) is 14.3 Å². The van der Waals surface area contributed by atoms with Crippen molar-refractivity contribution in [1.82, 2.24) is 0 Å². The molecule has 0 bridgehead atoms. The standard InChI is InChI=1S/C30H56O4/c1-3-5-6-7-8-9-10-11-12-13-14-15-16-17-18-19-20-21-22-23-24-25-28(30(32)33)27-29(31)34-26-4-2/h6-7,28H,3-5,8-27H2,1-2H3,(H,32,33)/b7-6+. The van der Waals surface area contributed by atoms with E-state index in [4.69, 9.17) is 4.74 Å². The van der Waals surface area contributed by atoms with Crippen LogP contribution in [-0.4, -0.2) is 23.7 Å². The Bertz CT molecular complexity index is 486. The minimum Gasteiger partial charge on any atom is -0.481 e. The summed E-state index contributed by atoms with van der Waals surface area (Å²) < 4.78 is 5.02. The molecule has 1 atom stereocenters. The SMILES string of the molecule is CCC/C=C/CCCCCCCCCCCCCCCCCCC(CC(=O)OCCC)C(=O)O. The molecule has 0 heterocycles. The predicted octanol–water partition coefficient (Wildman–Crippen LogP) is 9.41. The Balaban J connectivity index is 3.35. The molecule has 0 saturated heterocycles. The van der Waals surface area contributed by atoms with Crippen LogP contribution >= 0.6 is 0 Å². The summed E-state index contributed by atoms with van der Waals surface area (Å²) >= 11 is 0. The Kier molecular flexibility index (Phi) is 25.3. The highest BCUT2D eigenvalue weighted by atomic mass is 16.5. The lowest BCUT2D eigenvalue weighted by molar-refractivity contribution is -0.151. The number of carbonyl (C=O) groups excluding carboxylic acids is 1. The van der Waals surface area contributed by atoms with Crippen LogP contribution in [0.5, 0.6) is 0 Å². The van der Waals surface area contributed by atoms with Gasteiger partial charge in [-0.05, 0) is 32.1 Å². The molecule has 0 aliphatic heterocycles. The van der Waals surface area contributed by atoms with Crippen LogP contribution in [0, 0.1) is 5.92 Å². The van der Waals surface area contributed by atoms with E-state index in [1.165, 1.54) is 109 Å². The summed E-state index contributed by atoms with van der Waals surface area (Å²) in [6.07, 6.45) is 30.7. The van der Waals surface area contributed by atoms with Gasteiger partial charge in [-0.15, -0.1) is 0 Å². The lowest BCUT2D eigenvalue weighted by atomic mass is 9.97. The lowest BCUT2D eigenvalue weighted by Crippen LogP contribution is -2.19. The van der Waals surface area contributed by atoms with Gasteiger partial charge < -0.3 is 9.84 Å². The van der Waals surface area contributed by atoms with E-state index >= 15 is 0 Å². The van der Waals surface area contributed by atoms with Crippen molar-refractivity contribution in [3.63, 3.8) is 0 Å². The fourth-order valence-corrected chi connectivity index (χ4v) is 4.32. The largest absolute Gasteiger partial charge is 0.481 e. The van der Waals surface area contributed by atoms with Crippen molar-refractivity contribution in [1.29, 1.82) is 0 Å². The Morgan fingerprint density at radius 1 is 0.647 bits per heavy atom. The topological polar surface area (TPSA) is 63.6 Å². The number of allylic oxidation sites excluding steroid dienone is 2. The van der Waals surface area contributed by atoms with E-state index in [0.717, 1.165) is 19.3 Å². The molecule has 0 rings (SSSR count). The monoisotopic (exact) mass is 480 g/mol. The van der Waals surface area contributed by atoms with Gasteiger partial charge in [-0.3, -0.25) is 9.59 Å². The van der Waals surface area contributed by atoms with Crippen LogP contribution in [0.3, 0.4) is 0 Å². The van der Waals surface area contributed by atoms with Crippen molar-refractivity contribution in [2.24, 2.45) is 5.92 Å². The number of hydrogen-bond donors (Lipinski definition) is 1. The van der Waals surface area contributed by atoms with E-state index in [9.17, 15) is 14.7 Å². The van der Waals surface area contributed by atoms with Crippen molar-refractivity contribution in [2.45, 2.75) is 155 Å². The molecule has 4 heteroatoms. The van der Waals surface area contributed by atoms with Crippen LogP contribution < -0.4 is 0 Å². The van der Waals surface area contributed by atoms with Gasteiger partial charge in [-0.1, -0.05) is 129 Å². The van der Waals surface area contributed by atoms with Crippen molar-refractivity contribution < 1.29 is 19.4 Å². The highest BCUT2D eigenvalue weighted by molar-refractivity contribution is 5.78. The molecule has 1 N–H and O–H groups in total. The first-order valence-electron chi connectivity index (χ1n) is 14.6. The average molecular weight is 481 g/mol. The van der Waals surface area contributed by atoms with Crippen molar-refractivity contribution in [3.05, 3.63) is 12.2 Å². The zero-order valence-electron chi connectivity index (χ0n) is 22.7. The number of hydrogen-bond acceptors (Lipinski definition) is 3. The molecular weight excluding hydrogens is 424 g/mol.